The van der Waals surface area contributed by atoms with E-state index in [4.69, 9.17) is 13.7 Å². The van der Waals surface area contributed by atoms with Crippen LogP contribution in [0.4, 0.5) is 0 Å². The Morgan fingerprint density at radius 1 is 0.758 bits per heavy atom. The molecule has 0 saturated heterocycles. The zero-order valence-electron chi connectivity index (χ0n) is 19.0. The van der Waals surface area contributed by atoms with Crippen molar-refractivity contribution in [2.24, 2.45) is 0 Å². The molecule has 2 rings (SSSR count). The number of carbonyl (C=O) groups is 2. The van der Waals surface area contributed by atoms with Crippen molar-refractivity contribution in [2.75, 3.05) is 6.61 Å². The lowest BCUT2D eigenvalue weighted by Gasteiger charge is -2.16. The highest BCUT2D eigenvalue weighted by atomic mass is 32.2. The molecule has 0 fully saturated rings. The molecule has 0 bridgehead atoms. The van der Waals surface area contributed by atoms with Gasteiger partial charge in [0.1, 0.15) is 11.5 Å². The topological polar surface area (TPSA) is 96.0 Å². The number of hydrogen-bond acceptors (Lipinski definition) is 7. The molecule has 0 N–H and O–H groups in total. The fraction of sp³-hybridized carbons (Fsp3) is 0.440. The standard InChI is InChI=1S/C25H32O7S/c1-2-3-4-5-6-7-14-19-30-33(28,29)23(25(27)32-22-17-12-9-13-18-22)20-24(26)31-21-15-10-8-11-16-21/h8-13,15-18,23H,2-7,14,19-20H2,1H3. The fourth-order valence-corrected chi connectivity index (χ4v) is 4.24. The minimum Gasteiger partial charge on any atom is -0.426 e. The van der Waals surface area contributed by atoms with Crippen molar-refractivity contribution in [2.45, 2.75) is 63.5 Å². The molecule has 7 nitrogen and oxygen atoms in total. The summed E-state index contributed by atoms with van der Waals surface area (Å²) in [6, 6.07) is 16.3. The van der Waals surface area contributed by atoms with Crippen LogP contribution in [0.2, 0.25) is 0 Å². The van der Waals surface area contributed by atoms with E-state index < -0.39 is 33.7 Å². The fourth-order valence-electron chi connectivity index (χ4n) is 3.10. The maximum atomic E-state index is 12.8. The number of carbonyl (C=O) groups excluding carboxylic acids is 2. The van der Waals surface area contributed by atoms with Crippen molar-refractivity contribution >= 4 is 22.1 Å². The molecule has 8 heteroatoms. The number of rotatable bonds is 15. The van der Waals surface area contributed by atoms with E-state index in [-0.39, 0.29) is 18.1 Å². The van der Waals surface area contributed by atoms with Gasteiger partial charge in [-0.25, -0.2) is 0 Å². The number of esters is 2. The molecule has 0 aliphatic rings. The maximum absolute atomic E-state index is 12.8. The Kier molecular flexibility index (Phi) is 11.6. The molecular weight excluding hydrogens is 444 g/mol. The normalized spacial score (nSPS) is 12.2. The van der Waals surface area contributed by atoms with E-state index in [1.54, 1.807) is 48.5 Å². The average molecular weight is 477 g/mol. The molecule has 0 aliphatic heterocycles. The van der Waals surface area contributed by atoms with Crippen LogP contribution in [0.25, 0.3) is 0 Å². The first-order valence-electron chi connectivity index (χ1n) is 11.3. The van der Waals surface area contributed by atoms with Gasteiger partial charge in [-0.1, -0.05) is 81.8 Å². The number of unbranched alkanes of at least 4 members (excludes halogenated alkanes) is 6. The molecule has 0 spiro atoms. The molecule has 0 aromatic heterocycles. The van der Waals surface area contributed by atoms with E-state index in [0.29, 0.717) is 6.42 Å². The maximum Gasteiger partial charge on any atom is 0.332 e. The van der Waals surface area contributed by atoms with Crippen LogP contribution >= 0.6 is 0 Å². The van der Waals surface area contributed by atoms with Crippen LogP contribution in [-0.4, -0.2) is 32.2 Å². The molecule has 0 amide bonds. The molecule has 0 radical (unpaired) electrons. The molecule has 0 aliphatic carbocycles. The molecule has 2 aromatic rings. The van der Waals surface area contributed by atoms with Gasteiger partial charge in [0.25, 0.3) is 10.1 Å². The molecule has 33 heavy (non-hydrogen) atoms. The van der Waals surface area contributed by atoms with E-state index in [1.165, 1.54) is 18.6 Å². The van der Waals surface area contributed by atoms with Gasteiger partial charge in [-0.05, 0) is 30.7 Å². The Morgan fingerprint density at radius 3 is 1.85 bits per heavy atom. The van der Waals surface area contributed by atoms with E-state index in [9.17, 15) is 18.0 Å². The third-order valence-corrected chi connectivity index (χ3v) is 6.45. The van der Waals surface area contributed by atoms with Crippen molar-refractivity contribution in [3.05, 3.63) is 60.7 Å². The Balaban J connectivity index is 1.98. The Bertz CT molecular complexity index is 943. The van der Waals surface area contributed by atoms with Crippen molar-refractivity contribution in [3.63, 3.8) is 0 Å². The van der Waals surface area contributed by atoms with Gasteiger partial charge in [0.15, 0.2) is 5.25 Å². The lowest BCUT2D eigenvalue weighted by Crippen LogP contribution is -2.38. The highest BCUT2D eigenvalue weighted by Crippen LogP contribution is 2.18. The van der Waals surface area contributed by atoms with Gasteiger partial charge in [-0.2, -0.15) is 8.42 Å². The average Bonchev–Trinajstić information content (AvgIpc) is 2.80. The van der Waals surface area contributed by atoms with Crippen LogP contribution in [0, 0.1) is 0 Å². The van der Waals surface area contributed by atoms with E-state index in [0.717, 1.165) is 32.1 Å². The summed E-state index contributed by atoms with van der Waals surface area (Å²) >= 11 is 0. The predicted octanol–water partition coefficient (Wildman–Crippen LogP) is 5.05. The number of ether oxygens (including phenoxy) is 2. The molecule has 2 aromatic carbocycles. The molecule has 0 heterocycles. The van der Waals surface area contributed by atoms with Crippen LogP contribution < -0.4 is 9.47 Å². The lowest BCUT2D eigenvalue weighted by molar-refractivity contribution is -0.140. The summed E-state index contributed by atoms with van der Waals surface area (Å²) < 4.78 is 41.0. The zero-order valence-corrected chi connectivity index (χ0v) is 19.8. The number of para-hydroxylation sites is 2. The summed E-state index contributed by atoms with van der Waals surface area (Å²) in [5, 5.41) is -1.83. The zero-order chi connectivity index (χ0) is 23.9. The van der Waals surface area contributed by atoms with Gasteiger partial charge >= 0.3 is 11.9 Å². The third-order valence-electron chi connectivity index (χ3n) is 4.90. The van der Waals surface area contributed by atoms with Crippen molar-refractivity contribution in [1.82, 2.24) is 0 Å². The third kappa shape index (κ3) is 10.2. The lowest BCUT2D eigenvalue weighted by atomic mass is 10.1. The number of hydrogen-bond donors (Lipinski definition) is 0. The van der Waals surface area contributed by atoms with Crippen LogP contribution in [-0.2, 0) is 23.9 Å². The quantitative estimate of drug-likeness (QED) is 0.154. The van der Waals surface area contributed by atoms with Gasteiger partial charge in [0.05, 0.1) is 13.0 Å². The summed E-state index contributed by atoms with van der Waals surface area (Å²) in [5.74, 6) is -1.55. The van der Waals surface area contributed by atoms with Crippen LogP contribution in [0.5, 0.6) is 11.5 Å². The summed E-state index contributed by atoms with van der Waals surface area (Å²) in [6.07, 6.45) is 6.25. The second-order valence-electron chi connectivity index (χ2n) is 7.65. The smallest absolute Gasteiger partial charge is 0.332 e. The highest BCUT2D eigenvalue weighted by Gasteiger charge is 2.38. The van der Waals surface area contributed by atoms with Crippen LogP contribution in [0.1, 0.15) is 58.3 Å². The molecular formula is C25H32O7S. The number of benzene rings is 2. The van der Waals surface area contributed by atoms with Gasteiger partial charge in [-0.3, -0.25) is 13.8 Å². The highest BCUT2D eigenvalue weighted by molar-refractivity contribution is 7.88. The summed E-state index contributed by atoms with van der Waals surface area (Å²) in [7, 11) is -4.41. The van der Waals surface area contributed by atoms with Gasteiger partial charge in [0, 0.05) is 0 Å². The predicted molar refractivity (Wildman–Crippen MR) is 125 cm³/mol. The Labute approximate surface area is 196 Å². The van der Waals surface area contributed by atoms with Gasteiger partial charge in [0.2, 0.25) is 0 Å². The second kappa shape index (κ2) is 14.4. The first kappa shape index (κ1) is 26.5. The molecule has 0 saturated carbocycles. The summed E-state index contributed by atoms with van der Waals surface area (Å²) in [4.78, 5) is 25.1. The largest absolute Gasteiger partial charge is 0.426 e. The van der Waals surface area contributed by atoms with Crippen LogP contribution in [0.15, 0.2) is 60.7 Å². The SMILES string of the molecule is CCCCCCCCCOS(=O)(=O)C(CC(=O)Oc1ccccc1)C(=O)Oc1ccccc1. The van der Waals surface area contributed by atoms with Crippen LogP contribution in [0.3, 0.4) is 0 Å². The Hall–Kier alpha value is -2.71. The molecule has 180 valence electrons. The van der Waals surface area contributed by atoms with Gasteiger partial charge in [-0.15, -0.1) is 0 Å². The van der Waals surface area contributed by atoms with Gasteiger partial charge < -0.3 is 9.47 Å². The first-order valence-corrected chi connectivity index (χ1v) is 12.8. The first-order chi connectivity index (χ1) is 15.9. The minimum absolute atomic E-state index is 0.0566. The van der Waals surface area contributed by atoms with Crippen molar-refractivity contribution in [3.8, 4) is 11.5 Å². The summed E-state index contributed by atoms with van der Waals surface area (Å²) in [5.41, 5.74) is 0. The monoisotopic (exact) mass is 476 g/mol. The second-order valence-corrected chi connectivity index (χ2v) is 9.44. The Morgan fingerprint density at radius 2 is 1.27 bits per heavy atom. The minimum atomic E-state index is -4.41. The summed E-state index contributed by atoms with van der Waals surface area (Å²) in [6.45, 7) is 2.09. The molecule has 1 unspecified atom stereocenters. The van der Waals surface area contributed by atoms with Crippen molar-refractivity contribution in [1.29, 1.82) is 0 Å². The van der Waals surface area contributed by atoms with E-state index in [2.05, 4.69) is 6.92 Å². The molecule has 1 atom stereocenters. The van der Waals surface area contributed by atoms with Crippen molar-refractivity contribution < 1.29 is 31.7 Å². The van der Waals surface area contributed by atoms with E-state index in [1.807, 2.05) is 0 Å². The van der Waals surface area contributed by atoms with E-state index >= 15 is 0 Å².